The first kappa shape index (κ1) is 16.7. The predicted molar refractivity (Wildman–Crippen MR) is 78.1 cm³/mol. The number of carboxylic acid groups (broad SMARTS) is 1. The second kappa shape index (κ2) is 7.58. The number of hydrogen-bond donors (Lipinski definition) is 1. The minimum absolute atomic E-state index is 0.0164. The largest absolute Gasteiger partial charge is 0.481 e. The van der Waals surface area contributed by atoms with Gasteiger partial charge < -0.3 is 19.6 Å². The molecule has 0 bridgehead atoms. The lowest BCUT2D eigenvalue weighted by Crippen LogP contribution is -2.48. The Kier molecular flexibility index (Phi) is 5.76. The van der Waals surface area contributed by atoms with E-state index in [1.807, 2.05) is 0 Å². The summed E-state index contributed by atoms with van der Waals surface area (Å²) in [7, 11) is 1.63. The van der Waals surface area contributed by atoms with Gasteiger partial charge in [0.2, 0.25) is 11.8 Å². The Labute approximate surface area is 130 Å². The van der Waals surface area contributed by atoms with E-state index in [1.54, 1.807) is 11.9 Å². The summed E-state index contributed by atoms with van der Waals surface area (Å²) in [5.41, 5.74) is 0. The molecule has 2 heterocycles. The summed E-state index contributed by atoms with van der Waals surface area (Å²) in [6, 6.07) is 0. The van der Waals surface area contributed by atoms with E-state index in [2.05, 4.69) is 0 Å². The van der Waals surface area contributed by atoms with Crippen molar-refractivity contribution in [2.75, 3.05) is 39.9 Å². The first-order valence-electron chi connectivity index (χ1n) is 7.82. The molecule has 2 saturated heterocycles. The minimum Gasteiger partial charge on any atom is -0.481 e. The number of hydrogen-bond acceptors (Lipinski definition) is 4. The van der Waals surface area contributed by atoms with E-state index in [0.717, 1.165) is 0 Å². The van der Waals surface area contributed by atoms with Crippen molar-refractivity contribution in [3.63, 3.8) is 0 Å². The van der Waals surface area contributed by atoms with E-state index in [-0.39, 0.29) is 30.8 Å². The monoisotopic (exact) mass is 312 g/mol. The van der Waals surface area contributed by atoms with Crippen LogP contribution < -0.4 is 0 Å². The van der Waals surface area contributed by atoms with E-state index in [4.69, 9.17) is 9.84 Å². The second-order valence-electron chi connectivity index (χ2n) is 6.10. The molecular weight excluding hydrogens is 288 g/mol. The van der Waals surface area contributed by atoms with E-state index >= 15 is 0 Å². The molecule has 2 aliphatic rings. The van der Waals surface area contributed by atoms with Crippen molar-refractivity contribution >= 4 is 17.8 Å². The van der Waals surface area contributed by atoms with Gasteiger partial charge in [-0.15, -0.1) is 0 Å². The van der Waals surface area contributed by atoms with Crippen molar-refractivity contribution in [3.8, 4) is 0 Å². The van der Waals surface area contributed by atoms with Crippen LogP contribution in [0.2, 0.25) is 0 Å². The second-order valence-corrected chi connectivity index (χ2v) is 6.10. The van der Waals surface area contributed by atoms with Crippen molar-refractivity contribution in [1.82, 2.24) is 9.80 Å². The van der Waals surface area contributed by atoms with Crippen molar-refractivity contribution in [2.24, 2.45) is 11.8 Å². The van der Waals surface area contributed by atoms with Gasteiger partial charge in [0, 0.05) is 39.3 Å². The summed E-state index contributed by atoms with van der Waals surface area (Å²) in [5.74, 6) is -1.62. The molecule has 1 atom stereocenters. The number of amides is 2. The number of carbonyl (C=O) groups excluding carboxylic acids is 2. The molecule has 0 aromatic rings. The van der Waals surface area contributed by atoms with Crippen LogP contribution in [0, 0.1) is 11.8 Å². The SMILES string of the molecule is CN(CC(=O)N1CCCC(C(=O)O)C1)C(=O)C1CCOCC1. The maximum Gasteiger partial charge on any atom is 0.308 e. The third-order valence-corrected chi connectivity index (χ3v) is 4.44. The van der Waals surface area contributed by atoms with Crippen LogP contribution >= 0.6 is 0 Å². The van der Waals surface area contributed by atoms with Crippen LogP contribution in [0.5, 0.6) is 0 Å². The molecular formula is C15H24N2O5. The van der Waals surface area contributed by atoms with Crippen LogP contribution in [-0.4, -0.2) is 72.6 Å². The molecule has 0 saturated carbocycles. The lowest BCUT2D eigenvalue weighted by atomic mass is 9.98. The topological polar surface area (TPSA) is 87.2 Å². The molecule has 0 radical (unpaired) electrons. The number of carbonyl (C=O) groups is 3. The fourth-order valence-corrected chi connectivity index (χ4v) is 3.04. The highest BCUT2D eigenvalue weighted by atomic mass is 16.5. The number of rotatable bonds is 4. The van der Waals surface area contributed by atoms with Gasteiger partial charge in [0.25, 0.3) is 0 Å². The van der Waals surface area contributed by atoms with Gasteiger partial charge in [-0.05, 0) is 25.7 Å². The van der Waals surface area contributed by atoms with Gasteiger partial charge in [-0.25, -0.2) is 0 Å². The van der Waals surface area contributed by atoms with E-state index in [0.29, 0.717) is 45.4 Å². The zero-order valence-electron chi connectivity index (χ0n) is 13.0. The Morgan fingerprint density at radius 2 is 1.86 bits per heavy atom. The summed E-state index contributed by atoms with van der Waals surface area (Å²) in [5, 5.41) is 9.06. The molecule has 0 aromatic heterocycles. The Morgan fingerprint density at radius 1 is 1.18 bits per heavy atom. The third kappa shape index (κ3) is 4.19. The molecule has 0 aliphatic carbocycles. The number of likely N-dealkylation sites (tertiary alicyclic amines) is 1. The summed E-state index contributed by atoms with van der Waals surface area (Å²) < 4.78 is 5.24. The van der Waals surface area contributed by atoms with Gasteiger partial charge in [0.15, 0.2) is 0 Å². The summed E-state index contributed by atoms with van der Waals surface area (Å²) >= 11 is 0. The zero-order valence-corrected chi connectivity index (χ0v) is 13.0. The van der Waals surface area contributed by atoms with Gasteiger partial charge in [-0.3, -0.25) is 14.4 Å². The van der Waals surface area contributed by atoms with Crippen LogP contribution in [0.4, 0.5) is 0 Å². The highest BCUT2D eigenvalue weighted by Crippen LogP contribution is 2.19. The number of ether oxygens (including phenoxy) is 1. The fourth-order valence-electron chi connectivity index (χ4n) is 3.04. The molecule has 2 aliphatic heterocycles. The molecule has 22 heavy (non-hydrogen) atoms. The highest BCUT2D eigenvalue weighted by molar-refractivity contribution is 5.86. The fraction of sp³-hybridized carbons (Fsp3) is 0.800. The van der Waals surface area contributed by atoms with E-state index < -0.39 is 11.9 Å². The van der Waals surface area contributed by atoms with E-state index in [1.165, 1.54) is 4.90 Å². The normalized spacial score (nSPS) is 23.1. The molecule has 2 rings (SSSR count). The Bertz CT molecular complexity index is 434. The summed E-state index contributed by atoms with van der Waals surface area (Å²) in [4.78, 5) is 38.6. The molecule has 7 nitrogen and oxygen atoms in total. The Morgan fingerprint density at radius 3 is 2.50 bits per heavy atom. The summed E-state index contributed by atoms with van der Waals surface area (Å²) in [6.45, 7) is 2.01. The third-order valence-electron chi connectivity index (χ3n) is 4.44. The van der Waals surface area contributed by atoms with Crippen molar-refractivity contribution < 1.29 is 24.2 Å². The van der Waals surface area contributed by atoms with Gasteiger partial charge in [-0.2, -0.15) is 0 Å². The van der Waals surface area contributed by atoms with Gasteiger partial charge in [0.1, 0.15) is 0 Å². The predicted octanol–water partition coefficient (Wildman–Crippen LogP) is 0.195. The lowest BCUT2D eigenvalue weighted by molar-refractivity contribution is -0.148. The van der Waals surface area contributed by atoms with Gasteiger partial charge in [-0.1, -0.05) is 0 Å². The lowest BCUT2D eigenvalue weighted by Gasteiger charge is -2.33. The molecule has 7 heteroatoms. The average molecular weight is 312 g/mol. The Balaban J connectivity index is 1.84. The minimum atomic E-state index is -0.857. The molecule has 0 aromatic carbocycles. The number of piperidine rings is 1. The van der Waals surface area contributed by atoms with Crippen LogP contribution in [-0.2, 0) is 19.1 Å². The molecule has 2 fully saturated rings. The standard InChI is InChI=1S/C15H24N2O5/c1-16(14(19)11-4-7-22-8-5-11)10-13(18)17-6-2-3-12(9-17)15(20)21/h11-12H,2-10H2,1H3,(H,20,21). The quantitative estimate of drug-likeness (QED) is 0.801. The first-order chi connectivity index (χ1) is 10.5. The molecule has 1 unspecified atom stereocenters. The zero-order chi connectivity index (χ0) is 16.1. The number of nitrogens with zero attached hydrogens (tertiary/aromatic N) is 2. The molecule has 124 valence electrons. The van der Waals surface area contributed by atoms with E-state index in [9.17, 15) is 14.4 Å². The van der Waals surface area contributed by atoms with Crippen LogP contribution in [0.15, 0.2) is 0 Å². The van der Waals surface area contributed by atoms with Gasteiger partial charge in [0.05, 0.1) is 12.5 Å². The maximum atomic E-state index is 12.3. The van der Waals surface area contributed by atoms with Crippen LogP contribution in [0.3, 0.4) is 0 Å². The number of aliphatic carboxylic acids is 1. The molecule has 0 spiro atoms. The van der Waals surface area contributed by atoms with Gasteiger partial charge >= 0.3 is 5.97 Å². The number of likely N-dealkylation sites (N-methyl/N-ethyl adjacent to an activating group) is 1. The Hall–Kier alpha value is -1.63. The van der Waals surface area contributed by atoms with Crippen LogP contribution in [0.25, 0.3) is 0 Å². The smallest absolute Gasteiger partial charge is 0.308 e. The van der Waals surface area contributed by atoms with Crippen molar-refractivity contribution in [3.05, 3.63) is 0 Å². The molecule has 1 N–H and O–H groups in total. The average Bonchev–Trinajstić information content (AvgIpc) is 2.54. The highest BCUT2D eigenvalue weighted by Gasteiger charge is 2.30. The number of carboxylic acids is 1. The maximum absolute atomic E-state index is 12.3. The summed E-state index contributed by atoms with van der Waals surface area (Å²) in [6.07, 6.45) is 2.70. The van der Waals surface area contributed by atoms with Crippen LogP contribution in [0.1, 0.15) is 25.7 Å². The first-order valence-corrected chi connectivity index (χ1v) is 7.82. The molecule has 2 amide bonds. The van der Waals surface area contributed by atoms with Crippen molar-refractivity contribution in [1.29, 1.82) is 0 Å². The van der Waals surface area contributed by atoms with Crippen molar-refractivity contribution in [2.45, 2.75) is 25.7 Å².